The highest BCUT2D eigenvalue weighted by molar-refractivity contribution is 9.10. The van der Waals surface area contributed by atoms with Gasteiger partial charge in [0, 0.05) is 17.1 Å². The molecule has 0 spiro atoms. The van der Waals surface area contributed by atoms with Gasteiger partial charge in [0.15, 0.2) is 18.2 Å². The Morgan fingerprint density at radius 3 is 2.90 bits per heavy atom. The second-order valence-corrected chi connectivity index (χ2v) is 5.76. The largest absolute Gasteiger partial charge is 0.481 e. The molecule has 0 bridgehead atoms. The lowest BCUT2D eigenvalue weighted by molar-refractivity contribution is -0.140. The fraction of sp³-hybridized carbons (Fsp3) is 0.429. The van der Waals surface area contributed by atoms with E-state index in [0.717, 1.165) is 6.42 Å². The summed E-state index contributed by atoms with van der Waals surface area (Å²) in [4.78, 5) is 24.3. The minimum atomic E-state index is -0.931. The van der Waals surface area contributed by atoms with Crippen molar-refractivity contribution < 1.29 is 23.8 Å². The molecule has 1 heterocycles. The highest BCUT2D eigenvalue weighted by Crippen LogP contribution is 2.23. The summed E-state index contributed by atoms with van der Waals surface area (Å²) in [5.41, 5.74) is 0. The number of hydrogen-bond acceptors (Lipinski definition) is 3. The van der Waals surface area contributed by atoms with E-state index in [1.54, 1.807) is 6.07 Å². The maximum absolute atomic E-state index is 13.6. The van der Waals surface area contributed by atoms with E-state index >= 15 is 0 Å². The molecule has 5 nitrogen and oxygen atoms in total. The van der Waals surface area contributed by atoms with Gasteiger partial charge in [-0.3, -0.25) is 9.59 Å². The number of likely N-dealkylation sites (tertiary alicyclic amines) is 1. The third kappa shape index (κ3) is 4.17. The van der Waals surface area contributed by atoms with Gasteiger partial charge in [-0.05, 0) is 31.0 Å². The van der Waals surface area contributed by atoms with Crippen LogP contribution in [0, 0.1) is 5.82 Å². The molecule has 0 aliphatic carbocycles. The van der Waals surface area contributed by atoms with E-state index in [-0.39, 0.29) is 30.7 Å². The number of ether oxygens (including phenoxy) is 1. The molecule has 1 atom stereocenters. The SMILES string of the molecule is O=C(O)CC1CCCN1C(=O)COc1ccc(Br)cc1F. The number of rotatable bonds is 5. The average molecular weight is 360 g/mol. The van der Waals surface area contributed by atoms with Crippen LogP contribution in [-0.2, 0) is 9.59 Å². The van der Waals surface area contributed by atoms with Crippen LogP contribution in [0.15, 0.2) is 22.7 Å². The van der Waals surface area contributed by atoms with Crippen molar-refractivity contribution in [2.45, 2.75) is 25.3 Å². The summed E-state index contributed by atoms with van der Waals surface area (Å²) in [5.74, 6) is -1.80. The molecule has 1 N–H and O–H groups in total. The monoisotopic (exact) mass is 359 g/mol. The Morgan fingerprint density at radius 1 is 1.48 bits per heavy atom. The number of carboxylic acids is 1. The Hall–Kier alpha value is -1.63. The normalized spacial score (nSPS) is 17.8. The Kier molecular flexibility index (Phi) is 5.17. The van der Waals surface area contributed by atoms with Gasteiger partial charge in [0.05, 0.1) is 6.42 Å². The number of hydrogen-bond donors (Lipinski definition) is 1. The molecule has 2 rings (SSSR count). The van der Waals surface area contributed by atoms with Gasteiger partial charge >= 0.3 is 5.97 Å². The van der Waals surface area contributed by atoms with E-state index in [0.29, 0.717) is 17.4 Å². The first-order valence-corrected chi connectivity index (χ1v) is 7.36. The van der Waals surface area contributed by atoms with Crippen LogP contribution >= 0.6 is 15.9 Å². The summed E-state index contributed by atoms with van der Waals surface area (Å²) in [5, 5.41) is 8.82. The van der Waals surface area contributed by atoms with Crippen molar-refractivity contribution >= 4 is 27.8 Å². The minimum absolute atomic E-state index is 0.000492. The lowest BCUT2D eigenvalue weighted by Crippen LogP contribution is -2.39. The second kappa shape index (κ2) is 6.89. The molecule has 0 aromatic heterocycles. The minimum Gasteiger partial charge on any atom is -0.481 e. The number of benzene rings is 1. The first kappa shape index (κ1) is 15.8. The molecule has 7 heteroatoms. The van der Waals surface area contributed by atoms with E-state index < -0.39 is 11.8 Å². The summed E-state index contributed by atoms with van der Waals surface area (Å²) >= 11 is 3.13. The van der Waals surface area contributed by atoms with Crippen LogP contribution in [0.5, 0.6) is 5.75 Å². The first-order valence-electron chi connectivity index (χ1n) is 6.56. The van der Waals surface area contributed by atoms with Crippen LogP contribution in [0.25, 0.3) is 0 Å². The van der Waals surface area contributed by atoms with Crippen molar-refractivity contribution in [2.75, 3.05) is 13.2 Å². The standard InChI is InChI=1S/C14H15BrFNO4/c15-9-3-4-12(11(16)6-9)21-8-13(18)17-5-1-2-10(17)7-14(19)20/h3-4,6,10H,1-2,5,7-8H2,(H,19,20). The molecular weight excluding hydrogens is 345 g/mol. The molecule has 1 aliphatic rings. The number of carbonyl (C=O) groups excluding carboxylic acids is 1. The highest BCUT2D eigenvalue weighted by atomic mass is 79.9. The fourth-order valence-electron chi connectivity index (χ4n) is 2.39. The van der Waals surface area contributed by atoms with Crippen molar-refractivity contribution in [3.05, 3.63) is 28.5 Å². The quantitative estimate of drug-likeness (QED) is 0.876. The van der Waals surface area contributed by atoms with Crippen LogP contribution in [0.3, 0.4) is 0 Å². The van der Waals surface area contributed by atoms with E-state index in [9.17, 15) is 14.0 Å². The van der Waals surface area contributed by atoms with Crippen molar-refractivity contribution in [3.63, 3.8) is 0 Å². The maximum atomic E-state index is 13.6. The summed E-state index contributed by atoms with van der Waals surface area (Å²) < 4.78 is 19.3. The molecule has 1 unspecified atom stereocenters. The number of halogens is 2. The van der Waals surface area contributed by atoms with Crippen LogP contribution in [0.2, 0.25) is 0 Å². The number of amides is 1. The van der Waals surface area contributed by atoms with E-state index in [2.05, 4.69) is 15.9 Å². The zero-order valence-corrected chi connectivity index (χ0v) is 12.8. The Morgan fingerprint density at radius 2 is 2.24 bits per heavy atom. The Bertz CT molecular complexity index is 552. The third-order valence-electron chi connectivity index (χ3n) is 3.35. The molecule has 0 radical (unpaired) electrons. The summed E-state index contributed by atoms with van der Waals surface area (Å²) in [6.45, 7) is 0.220. The predicted molar refractivity (Wildman–Crippen MR) is 76.6 cm³/mol. The van der Waals surface area contributed by atoms with Crippen molar-refractivity contribution in [1.29, 1.82) is 0 Å². The number of aliphatic carboxylic acids is 1. The van der Waals surface area contributed by atoms with E-state index in [1.807, 2.05) is 0 Å². The first-order chi connectivity index (χ1) is 9.97. The molecule has 114 valence electrons. The zero-order valence-electron chi connectivity index (χ0n) is 11.2. The van der Waals surface area contributed by atoms with Crippen molar-refractivity contribution in [1.82, 2.24) is 4.90 Å². The smallest absolute Gasteiger partial charge is 0.305 e. The molecular formula is C14H15BrFNO4. The molecule has 1 fully saturated rings. The molecule has 0 saturated carbocycles. The summed E-state index contributed by atoms with van der Waals surface area (Å²) in [6, 6.07) is 4.01. The van der Waals surface area contributed by atoms with Crippen molar-refractivity contribution in [3.8, 4) is 5.75 Å². The van der Waals surface area contributed by atoms with E-state index in [1.165, 1.54) is 17.0 Å². The topological polar surface area (TPSA) is 66.8 Å². The average Bonchev–Trinajstić information content (AvgIpc) is 2.84. The molecule has 1 aromatic rings. The molecule has 1 amide bonds. The third-order valence-corrected chi connectivity index (χ3v) is 3.85. The molecule has 1 aromatic carbocycles. The lowest BCUT2D eigenvalue weighted by atomic mass is 10.1. The maximum Gasteiger partial charge on any atom is 0.305 e. The van der Waals surface area contributed by atoms with Crippen LogP contribution in [0.4, 0.5) is 4.39 Å². The van der Waals surface area contributed by atoms with Crippen molar-refractivity contribution in [2.24, 2.45) is 0 Å². The Balaban J connectivity index is 1.93. The molecule has 1 saturated heterocycles. The fourth-order valence-corrected chi connectivity index (χ4v) is 2.73. The molecule has 21 heavy (non-hydrogen) atoms. The van der Waals surface area contributed by atoms with Gasteiger partial charge < -0.3 is 14.7 Å². The molecule has 1 aliphatic heterocycles. The Labute approximate surface area is 129 Å². The van der Waals surface area contributed by atoms with E-state index in [4.69, 9.17) is 9.84 Å². The predicted octanol–water partition coefficient (Wildman–Crippen LogP) is 2.43. The highest BCUT2D eigenvalue weighted by Gasteiger charge is 2.30. The van der Waals surface area contributed by atoms with Crippen LogP contribution in [0.1, 0.15) is 19.3 Å². The summed E-state index contributed by atoms with van der Waals surface area (Å²) in [6.07, 6.45) is 1.37. The van der Waals surface area contributed by atoms with Gasteiger partial charge in [0.2, 0.25) is 0 Å². The number of carboxylic acid groups (broad SMARTS) is 1. The van der Waals surface area contributed by atoms with Gasteiger partial charge in [0.25, 0.3) is 5.91 Å². The number of nitrogens with zero attached hydrogens (tertiary/aromatic N) is 1. The van der Waals surface area contributed by atoms with Gasteiger partial charge in [0.1, 0.15) is 0 Å². The van der Waals surface area contributed by atoms with Crippen LogP contribution < -0.4 is 4.74 Å². The number of carbonyl (C=O) groups is 2. The van der Waals surface area contributed by atoms with Gasteiger partial charge in [-0.15, -0.1) is 0 Å². The lowest BCUT2D eigenvalue weighted by Gasteiger charge is -2.23. The zero-order chi connectivity index (χ0) is 15.4. The van der Waals surface area contributed by atoms with Gasteiger partial charge in [-0.2, -0.15) is 0 Å². The summed E-state index contributed by atoms with van der Waals surface area (Å²) in [7, 11) is 0. The van der Waals surface area contributed by atoms with Gasteiger partial charge in [-0.25, -0.2) is 4.39 Å². The second-order valence-electron chi connectivity index (χ2n) is 4.84. The van der Waals surface area contributed by atoms with Gasteiger partial charge in [-0.1, -0.05) is 15.9 Å². The van der Waals surface area contributed by atoms with Crippen LogP contribution in [-0.4, -0.2) is 41.1 Å².